The summed E-state index contributed by atoms with van der Waals surface area (Å²) in [5.74, 6) is 1.21. The van der Waals surface area contributed by atoms with Crippen LogP contribution in [0.4, 0.5) is 0 Å². The Hall–Kier alpha value is -3.02. The summed E-state index contributed by atoms with van der Waals surface area (Å²) in [4.78, 5) is 27.4. The predicted octanol–water partition coefficient (Wildman–Crippen LogP) is 4.18. The molecule has 0 atom stereocenters. The lowest BCUT2D eigenvalue weighted by atomic mass is 10.1. The Morgan fingerprint density at radius 1 is 0.903 bits per heavy atom. The molecule has 164 valence electrons. The number of ether oxygens (including phenoxy) is 2. The standard InChI is InChI=1S/C25H30N2O4/c1-3-30-22-14-9-19(15-23(22)31-4-2)25(29)27(21-12-13-21)16-17-5-7-18(8-6-17)24(28)26-20-10-11-20/h5-9,14-15,20-21H,3-4,10-13,16H2,1-2H3,(H,26,28). The molecule has 4 rings (SSSR count). The maximum absolute atomic E-state index is 13.3. The Balaban J connectivity index is 1.48. The molecule has 0 bridgehead atoms. The SMILES string of the molecule is CCOc1ccc(C(=O)N(Cc2ccc(C(=O)NC3CC3)cc2)C2CC2)cc1OCC. The van der Waals surface area contributed by atoms with Gasteiger partial charge in [0.05, 0.1) is 13.2 Å². The van der Waals surface area contributed by atoms with Gasteiger partial charge in [0.15, 0.2) is 11.5 Å². The number of benzene rings is 2. The number of nitrogens with zero attached hydrogens (tertiary/aromatic N) is 1. The van der Waals surface area contributed by atoms with Gasteiger partial charge < -0.3 is 19.7 Å². The number of amides is 2. The van der Waals surface area contributed by atoms with Crippen LogP contribution in [-0.4, -0.2) is 42.0 Å². The van der Waals surface area contributed by atoms with Gasteiger partial charge in [-0.05, 0) is 75.4 Å². The molecule has 2 amide bonds. The van der Waals surface area contributed by atoms with Crippen LogP contribution in [0.15, 0.2) is 42.5 Å². The first-order valence-corrected chi connectivity index (χ1v) is 11.2. The molecule has 0 heterocycles. The minimum atomic E-state index is -0.0259. The molecule has 6 heteroatoms. The molecular formula is C25H30N2O4. The normalized spacial score (nSPS) is 15.3. The number of hydrogen-bond donors (Lipinski definition) is 1. The predicted molar refractivity (Wildman–Crippen MR) is 119 cm³/mol. The molecule has 2 fully saturated rings. The van der Waals surface area contributed by atoms with Gasteiger partial charge in [0.1, 0.15) is 0 Å². The summed E-state index contributed by atoms with van der Waals surface area (Å²) in [7, 11) is 0. The number of rotatable bonds is 10. The summed E-state index contributed by atoms with van der Waals surface area (Å²) in [5.41, 5.74) is 2.27. The van der Waals surface area contributed by atoms with Crippen molar-refractivity contribution in [3.05, 3.63) is 59.2 Å². The van der Waals surface area contributed by atoms with E-state index in [1.54, 1.807) is 18.2 Å². The lowest BCUT2D eigenvalue weighted by Gasteiger charge is -2.23. The van der Waals surface area contributed by atoms with Gasteiger partial charge in [-0.3, -0.25) is 9.59 Å². The molecule has 6 nitrogen and oxygen atoms in total. The molecule has 0 aromatic heterocycles. The molecule has 0 aliphatic heterocycles. The van der Waals surface area contributed by atoms with Crippen LogP contribution in [0.3, 0.4) is 0 Å². The monoisotopic (exact) mass is 422 g/mol. The van der Waals surface area contributed by atoms with Gasteiger partial charge in [-0.25, -0.2) is 0 Å². The van der Waals surface area contributed by atoms with Gasteiger partial charge in [-0.2, -0.15) is 0 Å². The van der Waals surface area contributed by atoms with Gasteiger partial charge in [0.25, 0.3) is 11.8 Å². The second-order valence-electron chi connectivity index (χ2n) is 8.14. The fraction of sp³-hybridized carbons (Fsp3) is 0.440. The van der Waals surface area contributed by atoms with Crippen LogP contribution >= 0.6 is 0 Å². The fourth-order valence-electron chi connectivity index (χ4n) is 3.56. The topological polar surface area (TPSA) is 67.9 Å². The summed E-state index contributed by atoms with van der Waals surface area (Å²) >= 11 is 0. The van der Waals surface area contributed by atoms with Gasteiger partial charge in [0, 0.05) is 29.8 Å². The van der Waals surface area contributed by atoms with Crippen molar-refractivity contribution in [1.82, 2.24) is 10.2 Å². The smallest absolute Gasteiger partial charge is 0.254 e. The maximum atomic E-state index is 13.3. The van der Waals surface area contributed by atoms with Crippen molar-refractivity contribution in [1.29, 1.82) is 0 Å². The second kappa shape index (κ2) is 9.41. The van der Waals surface area contributed by atoms with Crippen LogP contribution in [0.25, 0.3) is 0 Å². The molecule has 2 saturated carbocycles. The van der Waals surface area contributed by atoms with Gasteiger partial charge in [0.2, 0.25) is 0 Å². The van der Waals surface area contributed by atoms with Gasteiger partial charge >= 0.3 is 0 Å². The summed E-state index contributed by atoms with van der Waals surface area (Å²) in [6.45, 7) is 5.39. The van der Waals surface area contributed by atoms with Crippen molar-refractivity contribution in [2.75, 3.05) is 13.2 Å². The first kappa shape index (κ1) is 21.2. The zero-order valence-corrected chi connectivity index (χ0v) is 18.2. The average Bonchev–Trinajstić information content (AvgIpc) is 3.69. The van der Waals surface area contributed by atoms with Crippen LogP contribution in [0.5, 0.6) is 11.5 Å². The van der Waals surface area contributed by atoms with E-state index in [4.69, 9.17) is 9.47 Å². The third kappa shape index (κ3) is 5.37. The third-order valence-corrected chi connectivity index (χ3v) is 5.52. The lowest BCUT2D eigenvalue weighted by Crippen LogP contribution is -2.32. The minimum absolute atomic E-state index is 0.0120. The molecule has 0 radical (unpaired) electrons. The largest absolute Gasteiger partial charge is 0.490 e. The highest BCUT2D eigenvalue weighted by molar-refractivity contribution is 5.96. The van der Waals surface area contributed by atoms with E-state index >= 15 is 0 Å². The Labute approximate surface area is 183 Å². The molecule has 0 saturated heterocycles. The molecule has 1 N–H and O–H groups in total. The van der Waals surface area contributed by atoms with E-state index in [0.717, 1.165) is 31.2 Å². The van der Waals surface area contributed by atoms with Crippen molar-refractivity contribution in [2.24, 2.45) is 0 Å². The Kier molecular flexibility index (Phi) is 6.44. The zero-order valence-electron chi connectivity index (χ0n) is 18.2. The molecule has 2 aliphatic rings. The fourth-order valence-corrected chi connectivity index (χ4v) is 3.56. The van der Waals surface area contributed by atoms with Crippen LogP contribution in [0, 0.1) is 0 Å². The highest BCUT2D eigenvalue weighted by atomic mass is 16.5. The van der Waals surface area contributed by atoms with Crippen molar-refractivity contribution in [2.45, 2.75) is 58.2 Å². The molecule has 2 aromatic rings. The quantitative estimate of drug-likeness (QED) is 0.624. The Morgan fingerprint density at radius 3 is 2.16 bits per heavy atom. The van der Waals surface area contributed by atoms with E-state index in [0.29, 0.717) is 48.4 Å². The van der Waals surface area contributed by atoms with Crippen LogP contribution < -0.4 is 14.8 Å². The second-order valence-corrected chi connectivity index (χ2v) is 8.14. The van der Waals surface area contributed by atoms with Crippen molar-refractivity contribution < 1.29 is 19.1 Å². The Bertz CT molecular complexity index is 933. The van der Waals surface area contributed by atoms with E-state index in [2.05, 4.69) is 5.32 Å². The number of carbonyl (C=O) groups is 2. The van der Waals surface area contributed by atoms with Crippen LogP contribution in [-0.2, 0) is 6.54 Å². The van der Waals surface area contributed by atoms with E-state index in [1.807, 2.05) is 43.0 Å². The summed E-state index contributed by atoms with van der Waals surface area (Å²) in [5, 5.41) is 3.00. The lowest BCUT2D eigenvalue weighted by molar-refractivity contribution is 0.0729. The van der Waals surface area contributed by atoms with E-state index in [-0.39, 0.29) is 17.9 Å². The van der Waals surface area contributed by atoms with Crippen molar-refractivity contribution in [3.63, 3.8) is 0 Å². The average molecular weight is 423 g/mol. The first-order valence-electron chi connectivity index (χ1n) is 11.2. The molecule has 2 aliphatic carbocycles. The number of carbonyl (C=O) groups excluding carboxylic acids is 2. The van der Waals surface area contributed by atoms with Crippen LogP contribution in [0.2, 0.25) is 0 Å². The van der Waals surface area contributed by atoms with E-state index < -0.39 is 0 Å². The maximum Gasteiger partial charge on any atom is 0.254 e. The highest BCUT2D eigenvalue weighted by Gasteiger charge is 2.33. The number of hydrogen-bond acceptors (Lipinski definition) is 4. The summed E-state index contributed by atoms with van der Waals surface area (Å²) in [6, 6.07) is 13.5. The summed E-state index contributed by atoms with van der Waals surface area (Å²) < 4.78 is 11.3. The van der Waals surface area contributed by atoms with Crippen molar-refractivity contribution >= 4 is 11.8 Å². The summed E-state index contributed by atoms with van der Waals surface area (Å²) in [6.07, 6.45) is 4.17. The first-order chi connectivity index (χ1) is 15.1. The molecule has 0 spiro atoms. The van der Waals surface area contributed by atoms with Gasteiger partial charge in [-0.15, -0.1) is 0 Å². The van der Waals surface area contributed by atoms with Crippen LogP contribution in [0.1, 0.15) is 65.8 Å². The molecule has 0 unspecified atom stereocenters. The van der Waals surface area contributed by atoms with E-state index in [1.165, 1.54) is 0 Å². The number of nitrogens with one attached hydrogen (secondary N) is 1. The minimum Gasteiger partial charge on any atom is -0.490 e. The zero-order chi connectivity index (χ0) is 21.8. The molecule has 31 heavy (non-hydrogen) atoms. The van der Waals surface area contributed by atoms with Gasteiger partial charge in [-0.1, -0.05) is 12.1 Å². The van der Waals surface area contributed by atoms with Crippen molar-refractivity contribution in [3.8, 4) is 11.5 Å². The molecule has 2 aromatic carbocycles. The third-order valence-electron chi connectivity index (χ3n) is 5.52. The van der Waals surface area contributed by atoms with E-state index in [9.17, 15) is 9.59 Å². The Morgan fingerprint density at radius 2 is 1.55 bits per heavy atom. The highest BCUT2D eigenvalue weighted by Crippen LogP contribution is 2.33. The molecular weight excluding hydrogens is 392 g/mol.